The Labute approximate surface area is 127 Å². The van der Waals surface area contributed by atoms with Crippen LogP contribution in [0.15, 0.2) is 27.6 Å². The van der Waals surface area contributed by atoms with Crippen molar-refractivity contribution < 1.29 is 12.8 Å². The quantitative estimate of drug-likeness (QED) is 0.894. The van der Waals surface area contributed by atoms with Gasteiger partial charge in [-0.1, -0.05) is 6.07 Å². The van der Waals surface area contributed by atoms with Gasteiger partial charge in [0.2, 0.25) is 10.0 Å². The monoisotopic (exact) mass is 364 g/mol. The number of sulfonamides is 1. The molecule has 0 saturated carbocycles. The maximum absolute atomic E-state index is 14.0. The number of hydrogen-bond donors (Lipinski definition) is 1. The highest BCUT2D eigenvalue weighted by Crippen LogP contribution is 2.28. The van der Waals surface area contributed by atoms with Gasteiger partial charge in [-0.2, -0.15) is 4.31 Å². The zero-order chi connectivity index (χ0) is 14.9. The standard InChI is InChI=1S/C13H18BrFN2O2S/c1-9(16)10-4-3-7-17(8-10)20(18,19)12-6-2-5-11(14)13(12)15/h2,5-6,9-10H,3-4,7-8,16H2,1H3. The lowest BCUT2D eigenvalue weighted by atomic mass is 9.93. The van der Waals surface area contributed by atoms with Gasteiger partial charge in [-0.15, -0.1) is 0 Å². The van der Waals surface area contributed by atoms with Crippen molar-refractivity contribution in [2.45, 2.75) is 30.7 Å². The molecule has 1 aliphatic rings. The van der Waals surface area contributed by atoms with E-state index >= 15 is 0 Å². The number of hydrogen-bond acceptors (Lipinski definition) is 3. The molecule has 2 atom stereocenters. The lowest BCUT2D eigenvalue weighted by molar-refractivity contribution is 0.242. The van der Waals surface area contributed by atoms with Crippen molar-refractivity contribution in [1.82, 2.24) is 4.31 Å². The number of halogens is 2. The van der Waals surface area contributed by atoms with E-state index in [-0.39, 0.29) is 21.3 Å². The summed E-state index contributed by atoms with van der Waals surface area (Å²) in [7, 11) is -3.81. The van der Waals surface area contributed by atoms with E-state index in [4.69, 9.17) is 5.73 Å². The lowest BCUT2D eigenvalue weighted by Gasteiger charge is -2.33. The number of piperidine rings is 1. The van der Waals surface area contributed by atoms with Crippen LogP contribution in [0.1, 0.15) is 19.8 Å². The van der Waals surface area contributed by atoms with Gasteiger partial charge in [-0.25, -0.2) is 12.8 Å². The Morgan fingerprint density at radius 3 is 2.85 bits per heavy atom. The van der Waals surface area contributed by atoms with E-state index in [1.165, 1.54) is 22.5 Å². The van der Waals surface area contributed by atoms with E-state index in [2.05, 4.69) is 15.9 Å². The highest BCUT2D eigenvalue weighted by molar-refractivity contribution is 9.10. The van der Waals surface area contributed by atoms with Gasteiger partial charge in [0.1, 0.15) is 4.90 Å². The predicted octanol–water partition coefficient (Wildman–Crippen LogP) is 2.34. The zero-order valence-corrected chi connectivity index (χ0v) is 13.6. The first-order valence-electron chi connectivity index (χ1n) is 6.53. The maximum atomic E-state index is 14.0. The molecule has 0 aliphatic carbocycles. The van der Waals surface area contributed by atoms with Gasteiger partial charge in [0.15, 0.2) is 5.82 Å². The second-order valence-electron chi connectivity index (χ2n) is 5.18. The second kappa shape index (κ2) is 6.09. The fraction of sp³-hybridized carbons (Fsp3) is 0.538. The Morgan fingerprint density at radius 1 is 1.50 bits per heavy atom. The largest absolute Gasteiger partial charge is 0.328 e. The molecule has 1 aliphatic heterocycles. The minimum atomic E-state index is -3.81. The minimum Gasteiger partial charge on any atom is -0.328 e. The second-order valence-corrected chi connectivity index (χ2v) is 7.94. The summed E-state index contributed by atoms with van der Waals surface area (Å²) in [5.74, 6) is -0.621. The molecular weight excluding hydrogens is 347 g/mol. The normalized spacial score (nSPS) is 22.7. The van der Waals surface area contributed by atoms with Crippen LogP contribution in [0.4, 0.5) is 4.39 Å². The molecule has 0 amide bonds. The van der Waals surface area contributed by atoms with Gasteiger partial charge < -0.3 is 5.73 Å². The molecule has 2 rings (SSSR count). The number of rotatable bonds is 3. The molecule has 1 aromatic carbocycles. The molecule has 1 aromatic rings. The van der Waals surface area contributed by atoms with Crippen molar-refractivity contribution in [2.24, 2.45) is 11.7 Å². The molecule has 0 bridgehead atoms. The molecule has 2 N–H and O–H groups in total. The van der Waals surface area contributed by atoms with Gasteiger partial charge in [-0.05, 0) is 53.7 Å². The van der Waals surface area contributed by atoms with Crippen LogP contribution in [0.3, 0.4) is 0 Å². The number of nitrogens with zero attached hydrogens (tertiary/aromatic N) is 1. The topological polar surface area (TPSA) is 63.4 Å². The van der Waals surface area contributed by atoms with Crippen LogP contribution in [-0.2, 0) is 10.0 Å². The van der Waals surface area contributed by atoms with Crippen LogP contribution in [-0.4, -0.2) is 31.9 Å². The minimum absolute atomic E-state index is 0.0691. The number of benzene rings is 1. The van der Waals surface area contributed by atoms with Crippen LogP contribution in [0, 0.1) is 11.7 Å². The van der Waals surface area contributed by atoms with E-state index < -0.39 is 15.8 Å². The summed E-state index contributed by atoms with van der Waals surface area (Å²) in [6, 6.07) is 4.23. The van der Waals surface area contributed by atoms with Crippen molar-refractivity contribution in [3.63, 3.8) is 0 Å². The van der Waals surface area contributed by atoms with Crippen LogP contribution in [0.5, 0.6) is 0 Å². The first-order chi connectivity index (χ1) is 9.34. The Hall–Kier alpha value is -0.500. The smallest absolute Gasteiger partial charge is 0.246 e. The third-order valence-corrected chi connectivity index (χ3v) is 6.19. The SMILES string of the molecule is CC(N)C1CCCN(S(=O)(=O)c2cccc(Br)c2F)C1. The van der Waals surface area contributed by atoms with Gasteiger partial charge in [0, 0.05) is 19.1 Å². The molecular formula is C13H18BrFN2O2S. The van der Waals surface area contributed by atoms with Crippen LogP contribution >= 0.6 is 15.9 Å². The summed E-state index contributed by atoms with van der Waals surface area (Å²) in [4.78, 5) is -0.280. The Kier molecular flexibility index (Phi) is 4.84. The molecule has 20 heavy (non-hydrogen) atoms. The van der Waals surface area contributed by atoms with Gasteiger partial charge >= 0.3 is 0 Å². The van der Waals surface area contributed by atoms with Crippen molar-refractivity contribution in [3.05, 3.63) is 28.5 Å². The van der Waals surface area contributed by atoms with E-state index in [0.717, 1.165) is 12.8 Å². The van der Waals surface area contributed by atoms with Gasteiger partial charge in [0.05, 0.1) is 4.47 Å². The van der Waals surface area contributed by atoms with E-state index in [0.29, 0.717) is 13.1 Å². The molecule has 0 aromatic heterocycles. The predicted molar refractivity (Wildman–Crippen MR) is 79.2 cm³/mol. The van der Waals surface area contributed by atoms with Crippen LogP contribution in [0.25, 0.3) is 0 Å². The van der Waals surface area contributed by atoms with Crippen molar-refractivity contribution in [3.8, 4) is 0 Å². The first-order valence-corrected chi connectivity index (χ1v) is 8.77. The molecule has 1 saturated heterocycles. The van der Waals surface area contributed by atoms with E-state index in [9.17, 15) is 12.8 Å². The molecule has 7 heteroatoms. The maximum Gasteiger partial charge on any atom is 0.246 e. The highest BCUT2D eigenvalue weighted by atomic mass is 79.9. The van der Waals surface area contributed by atoms with Crippen LogP contribution < -0.4 is 5.73 Å². The third-order valence-electron chi connectivity index (χ3n) is 3.70. The molecule has 112 valence electrons. The summed E-state index contributed by atoms with van der Waals surface area (Å²) < 4.78 is 40.6. The Morgan fingerprint density at radius 2 is 2.20 bits per heavy atom. The van der Waals surface area contributed by atoms with Crippen molar-refractivity contribution in [2.75, 3.05) is 13.1 Å². The van der Waals surface area contributed by atoms with E-state index in [1.807, 2.05) is 6.92 Å². The molecule has 1 heterocycles. The average Bonchev–Trinajstić information content (AvgIpc) is 2.41. The average molecular weight is 365 g/mol. The summed E-state index contributed by atoms with van der Waals surface area (Å²) in [5, 5.41) is 0. The lowest BCUT2D eigenvalue weighted by Crippen LogP contribution is -2.45. The van der Waals surface area contributed by atoms with Crippen LogP contribution in [0.2, 0.25) is 0 Å². The third kappa shape index (κ3) is 3.05. The molecule has 4 nitrogen and oxygen atoms in total. The highest BCUT2D eigenvalue weighted by Gasteiger charge is 2.33. The summed E-state index contributed by atoms with van der Waals surface area (Å²) in [6.07, 6.45) is 1.66. The first kappa shape index (κ1) is 15.9. The Bertz CT molecular complexity index is 592. The van der Waals surface area contributed by atoms with Gasteiger partial charge in [-0.3, -0.25) is 0 Å². The summed E-state index contributed by atoms with van der Waals surface area (Å²) in [6.45, 7) is 2.64. The fourth-order valence-corrected chi connectivity index (χ4v) is 4.56. The molecule has 1 fully saturated rings. The molecule has 2 unspecified atom stereocenters. The Balaban J connectivity index is 2.33. The van der Waals surface area contributed by atoms with Crippen molar-refractivity contribution in [1.29, 1.82) is 0 Å². The summed E-state index contributed by atoms with van der Waals surface area (Å²) in [5.41, 5.74) is 5.86. The zero-order valence-electron chi connectivity index (χ0n) is 11.2. The van der Waals surface area contributed by atoms with Gasteiger partial charge in [0.25, 0.3) is 0 Å². The molecule has 0 radical (unpaired) electrons. The van der Waals surface area contributed by atoms with Crippen molar-refractivity contribution >= 4 is 26.0 Å². The number of nitrogens with two attached hydrogens (primary N) is 1. The molecule has 0 spiro atoms. The summed E-state index contributed by atoms with van der Waals surface area (Å²) >= 11 is 3.02. The fourth-order valence-electron chi connectivity index (χ4n) is 2.44. The van der Waals surface area contributed by atoms with E-state index in [1.54, 1.807) is 0 Å².